The van der Waals surface area contributed by atoms with Gasteiger partial charge in [0.25, 0.3) is 5.56 Å². The lowest BCUT2D eigenvalue weighted by Gasteiger charge is -2.27. The largest absolute Gasteiger partial charge is 0.369 e. The molecule has 1 aliphatic heterocycles. The van der Waals surface area contributed by atoms with Crippen molar-refractivity contribution >= 4 is 5.95 Å². The van der Waals surface area contributed by atoms with Crippen LogP contribution < -0.4 is 11.3 Å². The number of halogens is 2. The van der Waals surface area contributed by atoms with Crippen LogP contribution in [0.2, 0.25) is 0 Å². The molecule has 0 atom stereocenters. The zero-order valence-corrected chi connectivity index (χ0v) is 14.4. The summed E-state index contributed by atoms with van der Waals surface area (Å²) in [5, 5.41) is 0. The topological polar surface area (TPSA) is 87.9 Å². The Morgan fingerprint density at radius 1 is 1.22 bits per heavy atom. The molecule has 27 heavy (non-hydrogen) atoms. The predicted octanol–water partition coefficient (Wildman–Crippen LogP) is 2.25. The molecule has 0 saturated heterocycles. The Bertz CT molecular complexity index is 1050. The SMILES string of the molecule is Nc1nc2c(c(=O)[nH]1)CN(Cc1ccc(-c3ccc(F)cc3F)nc1)CC2. The maximum Gasteiger partial charge on any atom is 0.257 e. The van der Waals surface area contributed by atoms with E-state index in [-0.39, 0.29) is 17.1 Å². The molecular formula is C19H17F2N5O. The first-order chi connectivity index (χ1) is 13.0. The minimum atomic E-state index is -0.645. The van der Waals surface area contributed by atoms with E-state index in [0.717, 1.165) is 23.9 Å². The number of aromatic nitrogens is 3. The van der Waals surface area contributed by atoms with Gasteiger partial charge in [0.2, 0.25) is 5.95 Å². The summed E-state index contributed by atoms with van der Waals surface area (Å²) in [6, 6.07) is 6.98. The van der Waals surface area contributed by atoms with Crippen molar-refractivity contribution in [2.45, 2.75) is 19.5 Å². The van der Waals surface area contributed by atoms with Gasteiger partial charge in [0, 0.05) is 43.9 Å². The third-order valence-electron chi connectivity index (χ3n) is 4.60. The number of fused-ring (bicyclic) bond motifs is 1. The van der Waals surface area contributed by atoms with Gasteiger partial charge in [-0.1, -0.05) is 6.07 Å². The Labute approximate surface area is 153 Å². The first-order valence-electron chi connectivity index (χ1n) is 8.50. The van der Waals surface area contributed by atoms with Crippen LogP contribution in [0.3, 0.4) is 0 Å². The van der Waals surface area contributed by atoms with E-state index in [4.69, 9.17) is 5.73 Å². The second-order valence-corrected chi connectivity index (χ2v) is 6.51. The normalized spacial score (nSPS) is 14.1. The van der Waals surface area contributed by atoms with Gasteiger partial charge in [-0.25, -0.2) is 13.8 Å². The van der Waals surface area contributed by atoms with E-state index in [1.54, 1.807) is 12.3 Å². The van der Waals surface area contributed by atoms with E-state index in [1.807, 2.05) is 6.07 Å². The number of benzene rings is 1. The third-order valence-corrected chi connectivity index (χ3v) is 4.60. The van der Waals surface area contributed by atoms with Crippen molar-refractivity contribution in [3.63, 3.8) is 0 Å². The number of nitrogen functional groups attached to an aromatic ring is 1. The lowest BCUT2D eigenvalue weighted by atomic mass is 10.1. The molecule has 2 aromatic heterocycles. The lowest BCUT2D eigenvalue weighted by molar-refractivity contribution is 0.241. The van der Waals surface area contributed by atoms with Gasteiger partial charge < -0.3 is 5.73 Å². The van der Waals surface area contributed by atoms with Gasteiger partial charge in [-0.05, 0) is 23.8 Å². The van der Waals surface area contributed by atoms with Crippen LogP contribution in [0.5, 0.6) is 0 Å². The molecule has 0 spiro atoms. The van der Waals surface area contributed by atoms with Crippen LogP contribution in [0.4, 0.5) is 14.7 Å². The maximum atomic E-state index is 13.9. The van der Waals surface area contributed by atoms with Crippen molar-refractivity contribution in [3.05, 3.63) is 75.3 Å². The minimum absolute atomic E-state index is 0.139. The fraction of sp³-hybridized carbons (Fsp3) is 0.211. The molecule has 0 radical (unpaired) electrons. The Hall–Kier alpha value is -3.13. The molecule has 1 aromatic carbocycles. The summed E-state index contributed by atoms with van der Waals surface area (Å²) >= 11 is 0. The average molecular weight is 369 g/mol. The van der Waals surface area contributed by atoms with Crippen LogP contribution >= 0.6 is 0 Å². The highest BCUT2D eigenvalue weighted by Gasteiger charge is 2.21. The first-order valence-corrected chi connectivity index (χ1v) is 8.50. The summed E-state index contributed by atoms with van der Waals surface area (Å²) in [6.45, 7) is 1.83. The average Bonchev–Trinajstić information content (AvgIpc) is 2.63. The van der Waals surface area contributed by atoms with Crippen molar-refractivity contribution in [1.29, 1.82) is 0 Å². The van der Waals surface area contributed by atoms with Crippen LogP contribution in [0, 0.1) is 11.6 Å². The second-order valence-electron chi connectivity index (χ2n) is 6.51. The smallest absolute Gasteiger partial charge is 0.257 e. The van der Waals surface area contributed by atoms with E-state index in [0.29, 0.717) is 30.8 Å². The van der Waals surface area contributed by atoms with Crippen LogP contribution in [-0.2, 0) is 19.5 Å². The molecule has 3 aromatic rings. The highest BCUT2D eigenvalue weighted by Crippen LogP contribution is 2.22. The standard InChI is InChI=1S/C19H17F2N5O/c20-12-2-3-13(15(21)7-12)16-4-1-11(8-23-16)9-26-6-5-17-14(10-26)18(27)25-19(22)24-17/h1-4,7-8H,5-6,9-10H2,(H3,22,24,25,27). The fourth-order valence-corrected chi connectivity index (χ4v) is 3.27. The number of rotatable bonds is 3. The van der Waals surface area contributed by atoms with Gasteiger partial charge >= 0.3 is 0 Å². The zero-order chi connectivity index (χ0) is 19.0. The molecule has 0 amide bonds. The molecule has 0 unspecified atom stereocenters. The number of pyridine rings is 1. The minimum Gasteiger partial charge on any atom is -0.369 e. The Morgan fingerprint density at radius 2 is 2.07 bits per heavy atom. The predicted molar refractivity (Wildman–Crippen MR) is 96.7 cm³/mol. The molecule has 6 nitrogen and oxygen atoms in total. The number of nitrogens with one attached hydrogen (secondary N) is 1. The maximum absolute atomic E-state index is 13.9. The van der Waals surface area contributed by atoms with Crippen LogP contribution in [0.25, 0.3) is 11.3 Å². The van der Waals surface area contributed by atoms with Gasteiger partial charge in [-0.15, -0.1) is 0 Å². The van der Waals surface area contributed by atoms with E-state index < -0.39 is 11.6 Å². The van der Waals surface area contributed by atoms with Gasteiger partial charge in [0.05, 0.1) is 17.0 Å². The second kappa shape index (κ2) is 6.88. The number of H-pyrrole nitrogens is 1. The number of aromatic amines is 1. The molecule has 3 N–H and O–H groups in total. The van der Waals surface area contributed by atoms with Gasteiger partial charge in [0.15, 0.2) is 0 Å². The molecule has 0 aliphatic carbocycles. The summed E-state index contributed by atoms with van der Waals surface area (Å²) in [4.78, 5) is 25.2. The number of nitrogens with two attached hydrogens (primary N) is 1. The Balaban J connectivity index is 1.50. The van der Waals surface area contributed by atoms with Gasteiger partial charge in [0.1, 0.15) is 11.6 Å². The highest BCUT2D eigenvalue weighted by molar-refractivity contribution is 5.59. The summed E-state index contributed by atoms with van der Waals surface area (Å²) in [5.41, 5.74) is 8.39. The number of anilines is 1. The zero-order valence-electron chi connectivity index (χ0n) is 14.4. The Kier molecular flexibility index (Phi) is 4.41. The Morgan fingerprint density at radius 3 is 2.81 bits per heavy atom. The molecule has 0 fully saturated rings. The first kappa shape index (κ1) is 17.3. The number of hydrogen-bond donors (Lipinski definition) is 2. The van der Waals surface area contributed by atoms with E-state index in [1.165, 1.54) is 12.1 Å². The van der Waals surface area contributed by atoms with Crippen molar-refractivity contribution in [1.82, 2.24) is 19.9 Å². The molecule has 4 rings (SSSR count). The molecule has 138 valence electrons. The fourth-order valence-electron chi connectivity index (χ4n) is 3.27. The molecule has 0 bridgehead atoms. The monoisotopic (exact) mass is 369 g/mol. The van der Waals surface area contributed by atoms with Crippen LogP contribution in [0.15, 0.2) is 41.3 Å². The molecular weight excluding hydrogens is 352 g/mol. The van der Waals surface area contributed by atoms with Crippen LogP contribution in [0.1, 0.15) is 16.8 Å². The van der Waals surface area contributed by atoms with Crippen molar-refractivity contribution in [2.24, 2.45) is 0 Å². The van der Waals surface area contributed by atoms with E-state index in [2.05, 4.69) is 19.9 Å². The van der Waals surface area contributed by atoms with Crippen molar-refractivity contribution in [3.8, 4) is 11.3 Å². The van der Waals surface area contributed by atoms with Crippen molar-refractivity contribution in [2.75, 3.05) is 12.3 Å². The molecule has 3 heterocycles. The number of nitrogens with zero attached hydrogens (tertiary/aromatic N) is 3. The summed E-state index contributed by atoms with van der Waals surface area (Å²) in [7, 11) is 0. The van der Waals surface area contributed by atoms with Crippen LogP contribution in [-0.4, -0.2) is 26.4 Å². The summed E-state index contributed by atoms with van der Waals surface area (Å²) in [6.07, 6.45) is 2.31. The number of hydrogen-bond acceptors (Lipinski definition) is 5. The van der Waals surface area contributed by atoms with Gasteiger partial charge in [-0.3, -0.25) is 19.7 Å². The molecule has 0 saturated carbocycles. The summed E-state index contributed by atoms with van der Waals surface area (Å²) < 4.78 is 26.9. The third kappa shape index (κ3) is 3.56. The summed E-state index contributed by atoms with van der Waals surface area (Å²) in [5.74, 6) is -1.13. The lowest BCUT2D eigenvalue weighted by Crippen LogP contribution is -2.35. The van der Waals surface area contributed by atoms with Crippen molar-refractivity contribution < 1.29 is 8.78 Å². The van der Waals surface area contributed by atoms with Gasteiger partial charge in [-0.2, -0.15) is 0 Å². The quantitative estimate of drug-likeness (QED) is 0.739. The molecule has 8 heteroatoms. The molecule has 1 aliphatic rings. The van der Waals surface area contributed by atoms with E-state index in [9.17, 15) is 13.6 Å². The van der Waals surface area contributed by atoms with E-state index >= 15 is 0 Å². The highest BCUT2D eigenvalue weighted by atomic mass is 19.1.